The summed E-state index contributed by atoms with van der Waals surface area (Å²) in [5.41, 5.74) is 1.77. The van der Waals surface area contributed by atoms with Gasteiger partial charge >= 0.3 is 0 Å². The molecule has 0 aliphatic carbocycles. The first-order chi connectivity index (χ1) is 8.45. The summed E-state index contributed by atoms with van der Waals surface area (Å²) in [6, 6.07) is 3.68. The minimum absolute atomic E-state index is 0.190. The molecule has 1 aromatic heterocycles. The van der Waals surface area contributed by atoms with Crippen molar-refractivity contribution in [2.75, 3.05) is 0 Å². The van der Waals surface area contributed by atoms with E-state index in [2.05, 4.69) is 30.3 Å². The lowest BCUT2D eigenvalue weighted by Crippen LogP contribution is -2.14. The van der Waals surface area contributed by atoms with E-state index < -0.39 is 0 Å². The largest absolute Gasteiger partial charge is 0.331 e. The number of benzene rings is 1. The van der Waals surface area contributed by atoms with Gasteiger partial charge in [0, 0.05) is 12.1 Å². The van der Waals surface area contributed by atoms with E-state index in [0.717, 1.165) is 17.5 Å². The molecule has 1 aromatic carbocycles. The third-order valence-corrected chi connectivity index (χ3v) is 4.40. The van der Waals surface area contributed by atoms with Crippen LogP contribution in [0, 0.1) is 20.1 Å². The molecule has 0 fully saturated rings. The van der Waals surface area contributed by atoms with Gasteiger partial charge in [-0.1, -0.05) is 20.8 Å². The van der Waals surface area contributed by atoms with E-state index >= 15 is 0 Å². The van der Waals surface area contributed by atoms with E-state index in [1.165, 1.54) is 0 Å². The van der Waals surface area contributed by atoms with Crippen molar-refractivity contribution in [2.45, 2.75) is 33.2 Å². The van der Waals surface area contributed by atoms with Gasteiger partial charge in [-0.05, 0) is 53.2 Å². The average Bonchev–Trinajstić information content (AvgIpc) is 2.57. The molecule has 1 N–H and O–H groups in total. The van der Waals surface area contributed by atoms with Crippen LogP contribution in [0.4, 0.5) is 4.39 Å². The number of aromatic nitrogens is 2. The molecule has 0 saturated carbocycles. The Morgan fingerprint density at radius 3 is 2.67 bits per heavy atom. The Hall–Kier alpha value is -0.430. The second kappa shape index (κ2) is 5.28. The summed E-state index contributed by atoms with van der Waals surface area (Å²) >= 11 is 7.38. The van der Waals surface area contributed by atoms with E-state index in [-0.39, 0.29) is 5.82 Å². The quantitative estimate of drug-likeness (QED) is 0.586. The number of nitrogens with zero attached hydrogens (tertiary/aromatic N) is 1. The van der Waals surface area contributed by atoms with Gasteiger partial charge in [0.2, 0.25) is 0 Å². The minimum atomic E-state index is -0.190. The maximum absolute atomic E-state index is 13.7. The molecule has 2 nitrogen and oxygen atoms in total. The Kier molecular flexibility index (Phi) is 4.11. The first-order valence-electron chi connectivity index (χ1n) is 6.05. The fourth-order valence-corrected chi connectivity index (χ4v) is 3.21. The fraction of sp³-hybridized carbons (Fsp3) is 0.462. The molecule has 1 heterocycles. The zero-order valence-corrected chi connectivity index (χ0v) is 13.6. The van der Waals surface area contributed by atoms with Crippen LogP contribution < -0.4 is 0 Å². The van der Waals surface area contributed by atoms with Crippen molar-refractivity contribution in [1.82, 2.24) is 9.55 Å². The summed E-state index contributed by atoms with van der Waals surface area (Å²) in [5, 5.41) is 0. The van der Waals surface area contributed by atoms with Crippen LogP contribution in [0.25, 0.3) is 11.0 Å². The van der Waals surface area contributed by atoms with Gasteiger partial charge in [-0.15, -0.1) is 0 Å². The first-order valence-corrected chi connectivity index (χ1v) is 7.53. The number of H-pyrrole nitrogens is 1. The molecule has 2 rings (SSSR count). The predicted octanol–water partition coefficient (Wildman–Crippen LogP) is 5.05. The van der Waals surface area contributed by atoms with Crippen molar-refractivity contribution in [3.8, 4) is 0 Å². The van der Waals surface area contributed by atoms with E-state index in [0.29, 0.717) is 20.3 Å². The normalized spacial score (nSPS) is 13.4. The second-order valence-corrected chi connectivity index (χ2v) is 6.35. The lowest BCUT2D eigenvalue weighted by Gasteiger charge is -2.21. The van der Waals surface area contributed by atoms with Crippen LogP contribution in [0.5, 0.6) is 0 Å². The molecule has 18 heavy (non-hydrogen) atoms. The van der Waals surface area contributed by atoms with Crippen LogP contribution in [0.3, 0.4) is 0 Å². The van der Waals surface area contributed by atoms with Crippen LogP contribution in [-0.2, 0) is 0 Å². The van der Waals surface area contributed by atoms with Gasteiger partial charge in [-0.3, -0.25) is 0 Å². The summed E-state index contributed by atoms with van der Waals surface area (Å²) < 4.78 is 17.1. The van der Waals surface area contributed by atoms with Crippen molar-refractivity contribution < 1.29 is 4.39 Å². The van der Waals surface area contributed by atoms with Gasteiger partial charge in [-0.2, -0.15) is 0 Å². The molecule has 1 atom stereocenters. The smallest absolute Gasteiger partial charge is 0.178 e. The molecule has 0 radical (unpaired) electrons. The van der Waals surface area contributed by atoms with Crippen molar-refractivity contribution in [2.24, 2.45) is 5.92 Å². The van der Waals surface area contributed by atoms with Crippen molar-refractivity contribution in [1.29, 1.82) is 0 Å². The van der Waals surface area contributed by atoms with E-state index in [1.807, 2.05) is 28.7 Å². The van der Waals surface area contributed by atoms with Crippen molar-refractivity contribution in [3.05, 3.63) is 26.3 Å². The molecule has 0 aliphatic rings. The highest BCUT2D eigenvalue weighted by Gasteiger charge is 2.18. The third-order valence-electron chi connectivity index (χ3n) is 3.28. The highest BCUT2D eigenvalue weighted by Crippen LogP contribution is 2.28. The Balaban J connectivity index is 2.74. The monoisotopic (exact) mass is 378 g/mol. The van der Waals surface area contributed by atoms with Gasteiger partial charge < -0.3 is 9.55 Å². The molecule has 0 bridgehead atoms. The summed E-state index contributed by atoms with van der Waals surface area (Å²) in [5.74, 6) is 0.271. The number of rotatable bonds is 3. The lowest BCUT2D eigenvalue weighted by molar-refractivity contribution is 0.370. The Labute approximate surface area is 125 Å². The second-order valence-electron chi connectivity index (χ2n) is 4.80. The van der Waals surface area contributed by atoms with E-state index in [4.69, 9.17) is 12.2 Å². The average molecular weight is 378 g/mol. The van der Waals surface area contributed by atoms with Gasteiger partial charge in [0.1, 0.15) is 5.82 Å². The number of nitrogens with one attached hydrogen (secondary N) is 1. The molecular weight excluding hydrogens is 362 g/mol. The van der Waals surface area contributed by atoms with Crippen LogP contribution in [0.1, 0.15) is 33.2 Å². The molecule has 1 unspecified atom stereocenters. The van der Waals surface area contributed by atoms with Gasteiger partial charge in [0.25, 0.3) is 0 Å². The standard InChI is InChI=1S/C13H16FIN2S/c1-4-11(7(2)3)17-12-5-8(14)9(15)6-10(12)16-13(17)18/h5-7,11H,4H2,1-3H3,(H,16,18). The van der Waals surface area contributed by atoms with E-state index in [1.54, 1.807) is 6.07 Å². The molecule has 98 valence electrons. The topological polar surface area (TPSA) is 20.7 Å². The summed E-state index contributed by atoms with van der Waals surface area (Å²) in [6.07, 6.45) is 0.979. The van der Waals surface area contributed by atoms with E-state index in [9.17, 15) is 4.39 Å². The Morgan fingerprint density at radius 2 is 2.11 bits per heavy atom. The van der Waals surface area contributed by atoms with Crippen LogP contribution >= 0.6 is 34.8 Å². The summed E-state index contributed by atoms with van der Waals surface area (Å²) in [7, 11) is 0. The maximum atomic E-state index is 13.7. The van der Waals surface area contributed by atoms with Crippen LogP contribution in [-0.4, -0.2) is 9.55 Å². The third kappa shape index (κ3) is 2.34. The maximum Gasteiger partial charge on any atom is 0.178 e. The van der Waals surface area contributed by atoms with Crippen LogP contribution in [0.2, 0.25) is 0 Å². The number of fused-ring (bicyclic) bond motifs is 1. The summed E-state index contributed by atoms with van der Waals surface area (Å²) in [6.45, 7) is 6.46. The minimum Gasteiger partial charge on any atom is -0.331 e. The number of hydrogen-bond acceptors (Lipinski definition) is 1. The fourth-order valence-electron chi connectivity index (χ4n) is 2.40. The molecule has 5 heteroatoms. The zero-order valence-electron chi connectivity index (χ0n) is 10.6. The highest BCUT2D eigenvalue weighted by atomic mass is 127. The molecule has 0 spiro atoms. The van der Waals surface area contributed by atoms with Crippen LogP contribution in [0.15, 0.2) is 12.1 Å². The number of halogens is 2. The Morgan fingerprint density at radius 1 is 1.44 bits per heavy atom. The predicted molar refractivity (Wildman–Crippen MR) is 84.0 cm³/mol. The van der Waals surface area contributed by atoms with Crippen molar-refractivity contribution >= 4 is 45.8 Å². The van der Waals surface area contributed by atoms with Crippen molar-refractivity contribution in [3.63, 3.8) is 0 Å². The SMILES string of the molecule is CCC(C(C)C)n1c(=S)[nH]c2cc(I)c(F)cc21. The van der Waals surface area contributed by atoms with Gasteiger partial charge in [0.15, 0.2) is 4.77 Å². The Bertz CT molecular complexity index is 630. The summed E-state index contributed by atoms with van der Waals surface area (Å²) in [4.78, 5) is 3.17. The van der Waals surface area contributed by atoms with Gasteiger partial charge in [0.05, 0.1) is 14.6 Å². The first kappa shape index (κ1) is 14.0. The molecule has 0 amide bonds. The number of hydrogen-bond donors (Lipinski definition) is 1. The molecule has 2 aromatic rings. The highest BCUT2D eigenvalue weighted by molar-refractivity contribution is 14.1. The molecule has 0 saturated heterocycles. The molecular formula is C13H16FIN2S. The number of aromatic amines is 1. The number of imidazole rings is 1. The van der Waals surface area contributed by atoms with Gasteiger partial charge in [-0.25, -0.2) is 4.39 Å². The molecule has 0 aliphatic heterocycles. The lowest BCUT2D eigenvalue weighted by atomic mass is 10.0. The zero-order chi connectivity index (χ0) is 13.4.